The summed E-state index contributed by atoms with van der Waals surface area (Å²) in [5.41, 5.74) is 2.59. The molecule has 0 fully saturated rings. The Kier molecular flexibility index (Phi) is 4.77. The molecule has 0 amide bonds. The zero-order valence-corrected chi connectivity index (χ0v) is 16.3. The van der Waals surface area contributed by atoms with E-state index in [0.29, 0.717) is 5.92 Å². The summed E-state index contributed by atoms with van der Waals surface area (Å²) in [7, 11) is 0. The standard InChI is InChI=1S/C18H17ClN2S.BrH/c1-11(2)17-16(21-9-8-20-18(21)22-17)14-5-3-4-12-6-7-13(19)10-15(12)14;/h3-7,10-11H,8-9H2,1-2H3;1H. The van der Waals surface area contributed by atoms with Gasteiger partial charge in [0.05, 0.1) is 12.2 Å². The Bertz CT molecular complexity index is 829. The van der Waals surface area contributed by atoms with Crippen molar-refractivity contribution >= 4 is 62.0 Å². The third-order valence-electron chi connectivity index (χ3n) is 4.13. The molecule has 23 heavy (non-hydrogen) atoms. The highest BCUT2D eigenvalue weighted by Gasteiger charge is 2.34. The maximum absolute atomic E-state index is 6.25. The lowest BCUT2D eigenvalue weighted by Crippen LogP contribution is -2.20. The van der Waals surface area contributed by atoms with Crippen LogP contribution in [0.2, 0.25) is 5.02 Å². The van der Waals surface area contributed by atoms with Crippen molar-refractivity contribution in [2.75, 3.05) is 13.1 Å². The third kappa shape index (κ3) is 2.81. The minimum atomic E-state index is 0. The van der Waals surface area contributed by atoms with Crippen LogP contribution in [0.5, 0.6) is 0 Å². The number of hydrogen-bond donors (Lipinski definition) is 0. The van der Waals surface area contributed by atoms with E-state index in [2.05, 4.69) is 54.1 Å². The van der Waals surface area contributed by atoms with Crippen molar-refractivity contribution < 1.29 is 0 Å². The molecule has 2 aromatic carbocycles. The monoisotopic (exact) mass is 408 g/mol. The summed E-state index contributed by atoms with van der Waals surface area (Å²) >= 11 is 8.08. The average Bonchev–Trinajstić information content (AvgIpc) is 3.07. The lowest BCUT2D eigenvalue weighted by Gasteiger charge is -2.20. The van der Waals surface area contributed by atoms with Gasteiger partial charge in [-0.3, -0.25) is 4.99 Å². The maximum Gasteiger partial charge on any atom is 0.168 e. The van der Waals surface area contributed by atoms with E-state index in [1.54, 1.807) is 0 Å². The summed E-state index contributed by atoms with van der Waals surface area (Å²) in [4.78, 5) is 8.42. The first-order valence-corrected chi connectivity index (χ1v) is 8.77. The van der Waals surface area contributed by atoms with Crippen LogP contribution in [-0.2, 0) is 0 Å². The largest absolute Gasteiger partial charge is 0.318 e. The van der Waals surface area contributed by atoms with E-state index < -0.39 is 0 Å². The highest BCUT2D eigenvalue weighted by Crippen LogP contribution is 2.46. The topological polar surface area (TPSA) is 15.6 Å². The minimum absolute atomic E-state index is 0. The van der Waals surface area contributed by atoms with Gasteiger partial charge < -0.3 is 4.90 Å². The normalized spacial score (nSPS) is 16.9. The number of nitrogens with zero attached hydrogens (tertiary/aromatic N) is 2. The average molecular weight is 410 g/mol. The Morgan fingerprint density at radius 1 is 1.22 bits per heavy atom. The van der Waals surface area contributed by atoms with Crippen LogP contribution >= 0.6 is 40.3 Å². The predicted octanol–water partition coefficient (Wildman–Crippen LogP) is 5.81. The van der Waals surface area contributed by atoms with Crippen molar-refractivity contribution in [1.82, 2.24) is 4.90 Å². The van der Waals surface area contributed by atoms with Crippen LogP contribution in [0.3, 0.4) is 0 Å². The molecule has 2 aliphatic rings. The number of amidine groups is 1. The first-order chi connectivity index (χ1) is 10.6. The third-order valence-corrected chi connectivity index (χ3v) is 5.78. The fourth-order valence-corrected chi connectivity index (χ4v) is 4.49. The van der Waals surface area contributed by atoms with Gasteiger partial charge in [0.25, 0.3) is 0 Å². The fourth-order valence-electron chi connectivity index (χ4n) is 3.12. The Hall–Kier alpha value is -0.970. The quantitative estimate of drug-likeness (QED) is 0.621. The van der Waals surface area contributed by atoms with Crippen LogP contribution in [0.15, 0.2) is 46.3 Å². The van der Waals surface area contributed by atoms with Gasteiger partial charge in [-0.25, -0.2) is 0 Å². The Labute approximate surface area is 156 Å². The molecule has 5 heteroatoms. The number of halogens is 2. The van der Waals surface area contributed by atoms with Gasteiger partial charge in [-0.2, -0.15) is 0 Å². The molecule has 0 radical (unpaired) electrons. The number of fused-ring (bicyclic) bond motifs is 2. The molecule has 2 heterocycles. The second kappa shape index (κ2) is 6.50. The number of hydrogen-bond acceptors (Lipinski definition) is 3. The summed E-state index contributed by atoms with van der Waals surface area (Å²) in [6, 6.07) is 12.6. The maximum atomic E-state index is 6.25. The Morgan fingerprint density at radius 3 is 2.83 bits per heavy atom. The van der Waals surface area contributed by atoms with Gasteiger partial charge >= 0.3 is 0 Å². The van der Waals surface area contributed by atoms with E-state index >= 15 is 0 Å². The van der Waals surface area contributed by atoms with Crippen molar-refractivity contribution in [1.29, 1.82) is 0 Å². The van der Waals surface area contributed by atoms with Crippen LogP contribution in [0.1, 0.15) is 19.4 Å². The van der Waals surface area contributed by atoms with E-state index in [-0.39, 0.29) is 17.0 Å². The lowest BCUT2D eigenvalue weighted by molar-refractivity contribution is 0.641. The summed E-state index contributed by atoms with van der Waals surface area (Å²) < 4.78 is 0. The van der Waals surface area contributed by atoms with Gasteiger partial charge in [0.2, 0.25) is 0 Å². The van der Waals surface area contributed by atoms with Gasteiger partial charge in [0.15, 0.2) is 5.17 Å². The zero-order valence-electron chi connectivity index (χ0n) is 13.0. The first-order valence-electron chi connectivity index (χ1n) is 7.58. The van der Waals surface area contributed by atoms with E-state index in [0.717, 1.165) is 23.3 Å². The number of aliphatic imine (C=N–C) groups is 1. The molecule has 2 nitrogen and oxygen atoms in total. The fraction of sp³-hybridized carbons (Fsp3) is 0.278. The van der Waals surface area contributed by atoms with Crippen LogP contribution in [0.25, 0.3) is 16.5 Å². The van der Waals surface area contributed by atoms with E-state index in [1.165, 1.54) is 26.9 Å². The highest BCUT2D eigenvalue weighted by molar-refractivity contribution is 8.93. The Balaban J connectivity index is 0.00000156. The molecule has 0 saturated heterocycles. The van der Waals surface area contributed by atoms with Crippen molar-refractivity contribution in [2.45, 2.75) is 13.8 Å². The van der Waals surface area contributed by atoms with E-state index in [1.807, 2.05) is 17.8 Å². The molecular weight excluding hydrogens is 392 g/mol. The molecular formula is C18H18BrClN2S. The predicted molar refractivity (Wildman–Crippen MR) is 108 cm³/mol. The van der Waals surface area contributed by atoms with Crippen LogP contribution in [0.4, 0.5) is 0 Å². The molecule has 0 saturated carbocycles. The van der Waals surface area contributed by atoms with Gasteiger partial charge in [-0.1, -0.05) is 61.5 Å². The number of rotatable bonds is 2. The van der Waals surface area contributed by atoms with Gasteiger partial charge in [0.1, 0.15) is 0 Å². The van der Waals surface area contributed by atoms with Crippen LogP contribution in [-0.4, -0.2) is 23.2 Å². The van der Waals surface area contributed by atoms with Crippen molar-refractivity contribution in [3.8, 4) is 0 Å². The molecule has 0 aliphatic carbocycles. The van der Waals surface area contributed by atoms with Gasteiger partial charge in [0, 0.05) is 22.0 Å². The molecule has 0 aromatic heterocycles. The molecule has 0 N–H and O–H groups in total. The number of thioether (sulfide) groups is 1. The van der Waals surface area contributed by atoms with E-state index in [9.17, 15) is 0 Å². The molecule has 120 valence electrons. The lowest BCUT2D eigenvalue weighted by atomic mass is 9.99. The minimum Gasteiger partial charge on any atom is -0.318 e. The molecule has 0 unspecified atom stereocenters. The summed E-state index contributed by atoms with van der Waals surface area (Å²) in [5.74, 6) is 0.489. The molecule has 2 aromatic rings. The molecule has 0 bridgehead atoms. The van der Waals surface area contributed by atoms with Crippen molar-refractivity contribution in [3.05, 3.63) is 51.9 Å². The Morgan fingerprint density at radius 2 is 2.04 bits per heavy atom. The molecule has 2 aliphatic heterocycles. The van der Waals surface area contributed by atoms with Crippen molar-refractivity contribution in [2.24, 2.45) is 10.9 Å². The second-order valence-electron chi connectivity index (χ2n) is 5.96. The summed E-state index contributed by atoms with van der Waals surface area (Å²) in [6.45, 7) is 6.37. The zero-order chi connectivity index (χ0) is 15.3. The highest BCUT2D eigenvalue weighted by atomic mass is 79.9. The second-order valence-corrected chi connectivity index (χ2v) is 7.40. The first kappa shape index (κ1) is 16.9. The van der Waals surface area contributed by atoms with Crippen molar-refractivity contribution in [3.63, 3.8) is 0 Å². The van der Waals surface area contributed by atoms with Gasteiger partial charge in [-0.05, 0) is 28.8 Å². The number of allylic oxidation sites excluding steroid dienone is 1. The smallest absolute Gasteiger partial charge is 0.168 e. The van der Waals surface area contributed by atoms with Crippen LogP contribution < -0.4 is 0 Å². The van der Waals surface area contributed by atoms with Crippen LogP contribution in [0, 0.1) is 5.92 Å². The number of benzene rings is 2. The molecule has 0 spiro atoms. The van der Waals surface area contributed by atoms with E-state index in [4.69, 9.17) is 11.6 Å². The van der Waals surface area contributed by atoms with Gasteiger partial charge in [-0.15, -0.1) is 17.0 Å². The molecule has 0 atom stereocenters. The molecule has 4 rings (SSSR count). The summed E-state index contributed by atoms with van der Waals surface area (Å²) in [6.07, 6.45) is 0. The summed E-state index contributed by atoms with van der Waals surface area (Å²) in [5, 5.41) is 4.38. The SMILES string of the molecule is Br.CC(C)C1=C(c2cccc3ccc(Cl)cc23)N2CCN=C2S1.